The third-order valence-electron chi connectivity index (χ3n) is 3.61. The van der Waals surface area contributed by atoms with Gasteiger partial charge in [-0.15, -0.1) is 0 Å². The number of nitriles is 1. The van der Waals surface area contributed by atoms with Gasteiger partial charge >= 0.3 is 0 Å². The van der Waals surface area contributed by atoms with Gasteiger partial charge in [0.1, 0.15) is 17.4 Å². The molecule has 0 aliphatic carbocycles. The smallest absolute Gasteiger partial charge is 0.190 e. The zero-order valence-electron chi connectivity index (χ0n) is 12.9. The largest absolute Gasteiger partial charge is 0.492 e. The van der Waals surface area contributed by atoms with Crippen LogP contribution >= 0.6 is 0 Å². The van der Waals surface area contributed by atoms with E-state index in [1.807, 2.05) is 12.1 Å². The first-order chi connectivity index (χ1) is 11.6. The highest BCUT2D eigenvalue weighted by Gasteiger charge is 2.22. The maximum Gasteiger partial charge on any atom is 0.190 e. The van der Waals surface area contributed by atoms with Crippen LogP contribution in [0.15, 0.2) is 36.5 Å². The molecule has 1 heterocycles. The molecule has 0 atom stereocenters. The molecule has 120 valence electrons. The number of methoxy groups -OCH3 is 1. The van der Waals surface area contributed by atoms with Gasteiger partial charge in [0.25, 0.3) is 0 Å². The number of fused-ring (bicyclic) bond motifs is 1. The van der Waals surface area contributed by atoms with Gasteiger partial charge in [-0.2, -0.15) is 5.26 Å². The lowest BCUT2D eigenvalue weighted by molar-refractivity contribution is 0.381. The molecule has 0 unspecified atom stereocenters. The lowest BCUT2D eigenvalue weighted by Gasteiger charge is -2.20. The highest BCUT2D eigenvalue weighted by molar-refractivity contribution is 5.76. The fourth-order valence-electron chi connectivity index (χ4n) is 2.36. The van der Waals surface area contributed by atoms with Crippen LogP contribution in [0.25, 0.3) is 11.0 Å². The van der Waals surface area contributed by atoms with Crippen molar-refractivity contribution in [1.29, 1.82) is 5.26 Å². The van der Waals surface area contributed by atoms with E-state index in [9.17, 15) is 8.78 Å². The molecule has 0 bridgehead atoms. The third-order valence-corrected chi connectivity index (χ3v) is 3.61. The number of benzene rings is 2. The van der Waals surface area contributed by atoms with Crippen molar-refractivity contribution in [2.75, 3.05) is 19.1 Å². The maximum absolute atomic E-state index is 14.6. The Morgan fingerprint density at radius 1 is 1.21 bits per heavy atom. The molecule has 0 spiro atoms. The average Bonchev–Trinajstić information content (AvgIpc) is 2.61. The van der Waals surface area contributed by atoms with Crippen LogP contribution in [-0.2, 0) is 0 Å². The van der Waals surface area contributed by atoms with E-state index in [0.29, 0.717) is 16.9 Å². The zero-order chi connectivity index (χ0) is 17.3. The number of ether oxygens (including phenoxy) is 1. The van der Waals surface area contributed by atoms with Gasteiger partial charge < -0.3 is 9.64 Å². The number of halogens is 2. The molecule has 2 aromatic carbocycles. The van der Waals surface area contributed by atoms with Crippen molar-refractivity contribution < 1.29 is 13.5 Å². The van der Waals surface area contributed by atoms with Crippen LogP contribution in [0.2, 0.25) is 0 Å². The molecule has 0 N–H and O–H groups in total. The van der Waals surface area contributed by atoms with E-state index < -0.39 is 22.9 Å². The number of hydrogen-bond acceptors (Lipinski definition) is 5. The Morgan fingerprint density at radius 2 is 1.92 bits per heavy atom. The molecule has 0 aliphatic heterocycles. The minimum absolute atomic E-state index is 0.104. The number of anilines is 2. The Labute approximate surface area is 136 Å². The highest BCUT2D eigenvalue weighted by atomic mass is 19.1. The fraction of sp³-hybridized carbons (Fsp3) is 0.118. The molecule has 3 rings (SSSR count). The predicted molar refractivity (Wildman–Crippen MR) is 85.2 cm³/mol. The Bertz CT molecular complexity index is 969. The Kier molecular flexibility index (Phi) is 3.96. The Morgan fingerprint density at radius 3 is 2.58 bits per heavy atom. The van der Waals surface area contributed by atoms with Crippen LogP contribution in [-0.4, -0.2) is 24.1 Å². The molecule has 1 aromatic heterocycles. The first-order valence-electron chi connectivity index (χ1n) is 6.98. The molecule has 0 aliphatic rings. The van der Waals surface area contributed by atoms with Crippen molar-refractivity contribution in [2.24, 2.45) is 0 Å². The first-order valence-corrected chi connectivity index (χ1v) is 6.98. The molecule has 0 saturated carbocycles. The van der Waals surface area contributed by atoms with E-state index >= 15 is 0 Å². The minimum Gasteiger partial charge on any atom is -0.492 e. The summed E-state index contributed by atoms with van der Waals surface area (Å²) in [6.45, 7) is 0. The lowest BCUT2D eigenvalue weighted by Crippen LogP contribution is -2.15. The standard InChI is InChI=1S/C17H12F2N4O/c1-23(15-9-21-12-5-3-4-6-13(12)22-15)14-7-11(18)10(8-20)17(24-2)16(14)19/h3-7,9H,1-2H3. The fourth-order valence-corrected chi connectivity index (χ4v) is 2.36. The highest BCUT2D eigenvalue weighted by Crippen LogP contribution is 2.35. The summed E-state index contributed by atoms with van der Waals surface area (Å²) in [4.78, 5) is 9.99. The minimum atomic E-state index is -0.869. The van der Waals surface area contributed by atoms with Gasteiger partial charge in [-0.25, -0.2) is 13.8 Å². The molecule has 5 nitrogen and oxygen atoms in total. The summed E-state index contributed by atoms with van der Waals surface area (Å²) in [5.41, 5.74) is 0.742. The molecule has 3 aromatic rings. The normalized spacial score (nSPS) is 10.5. The molecule has 0 fully saturated rings. The van der Waals surface area contributed by atoms with Gasteiger partial charge in [0.15, 0.2) is 17.4 Å². The van der Waals surface area contributed by atoms with Gasteiger partial charge in [-0.1, -0.05) is 12.1 Å². The van der Waals surface area contributed by atoms with E-state index in [1.54, 1.807) is 18.2 Å². The molecule has 0 saturated heterocycles. The van der Waals surface area contributed by atoms with Crippen molar-refractivity contribution >= 4 is 22.5 Å². The van der Waals surface area contributed by atoms with E-state index in [4.69, 9.17) is 10.00 Å². The summed E-state index contributed by atoms with van der Waals surface area (Å²) >= 11 is 0. The quantitative estimate of drug-likeness (QED) is 0.736. The summed E-state index contributed by atoms with van der Waals surface area (Å²) in [6, 6.07) is 9.76. The number of hydrogen-bond donors (Lipinski definition) is 0. The lowest BCUT2D eigenvalue weighted by atomic mass is 10.1. The Hall–Kier alpha value is -3.27. The topological polar surface area (TPSA) is 62.0 Å². The summed E-state index contributed by atoms with van der Waals surface area (Å²) in [5.74, 6) is -1.81. The van der Waals surface area contributed by atoms with Crippen LogP contribution in [0.5, 0.6) is 5.75 Å². The van der Waals surface area contributed by atoms with Crippen molar-refractivity contribution in [2.45, 2.75) is 0 Å². The SMILES string of the molecule is COc1c(F)c(N(C)c2cnc3ccccc3n2)cc(F)c1C#N. The van der Waals surface area contributed by atoms with E-state index in [1.165, 1.54) is 25.3 Å². The second kappa shape index (κ2) is 6.08. The third kappa shape index (κ3) is 2.48. The van der Waals surface area contributed by atoms with E-state index in [2.05, 4.69) is 9.97 Å². The van der Waals surface area contributed by atoms with Gasteiger partial charge in [-0.05, 0) is 12.1 Å². The number of aromatic nitrogens is 2. The van der Waals surface area contributed by atoms with Gasteiger partial charge in [0, 0.05) is 13.1 Å². The summed E-state index contributed by atoms with van der Waals surface area (Å²) in [7, 11) is 2.71. The van der Waals surface area contributed by atoms with Crippen molar-refractivity contribution in [3.8, 4) is 11.8 Å². The number of para-hydroxylation sites is 2. The summed E-state index contributed by atoms with van der Waals surface area (Å²) < 4.78 is 33.5. The average molecular weight is 326 g/mol. The Balaban J connectivity index is 2.13. The van der Waals surface area contributed by atoms with E-state index in [-0.39, 0.29) is 5.69 Å². The van der Waals surface area contributed by atoms with Crippen molar-refractivity contribution in [3.63, 3.8) is 0 Å². The van der Waals surface area contributed by atoms with Crippen molar-refractivity contribution in [3.05, 3.63) is 53.7 Å². The monoisotopic (exact) mass is 326 g/mol. The predicted octanol–water partition coefficient (Wildman–Crippen LogP) is 3.56. The second-order valence-corrected chi connectivity index (χ2v) is 4.99. The van der Waals surface area contributed by atoms with Crippen LogP contribution in [0.4, 0.5) is 20.3 Å². The molecule has 0 radical (unpaired) electrons. The van der Waals surface area contributed by atoms with Crippen LogP contribution < -0.4 is 9.64 Å². The number of rotatable bonds is 3. The van der Waals surface area contributed by atoms with Gasteiger partial charge in [0.2, 0.25) is 0 Å². The van der Waals surface area contributed by atoms with Gasteiger partial charge in [-0.3, -0.25) is 4.98 Å². The van der Waals surface area contributed by atoms with Crippen LogP contribution in [0.3, 0.4) is 0 Å². The van der Waals surface area contributed by atoms with E-state index in [0.717, 1.165) is 6.07 Å². The molecular weight excluding hydrogens is 314 g/mol. The molecule has 24 heavy (non-hydrogen) atoms. The first kappa shape index (κ1) is 15.6. The van der Waals surface area contributed by atoms with Crippen LogP contribution in [0.1, 0.15) is 5.56 Å². The second-order valence-electron chi connectivity index (χ2n) is 4.99. The molecule has 7 heteroatoms. The zero-order valence-corrected chi connectivity index (χ0v) is 12.9. The summed E-state index contributed by atoms with van der Waals surface area (Å²) in [6.07, 6.45) is 1.46. The molecule has 0 amide bonds. The van der Waals surface area contributed by atoms with Crippen molar-refractivity contribution in [1.82, 2.24) is 9.97 Å². The summed E-state index contributed by atoms with van der Waals surface area (Å²) in [5, 5.41) is 8.95. The maximum atomic E-state index is 14.6. The van der Waals surface area contributed by atoms with Gasteiger partial charge in [0.05, 0.1) is 30.0 Å². The van der Waals surface area contributed by atoms with Crippen LogP contribution in [0, 0.1) is 23.0 Å². The number of nitrogens with zero attached hydrogens (tertiary/aromatic N) is 4. The molecular formula is C17H12F2N4O.